The van der Waals surface area contributed by atoms with Crippen LogP contribution in [0, 0.1) is 5.92 Å². The molecule has 0 spiro atoms. The van der Waals surface area contributed by atoms with Crippen LogP contribution in [-0.4, -0.2) is 43.0 Å². The zero-order valence-corrected chi connectivity index (χ0v) is 23.5. The molecule has 0 bridgehead atoms. The Bertz CT molecular complexity index is 1370. The Labute approximate surface area is 239 Å². The highest BCUT2D eigenvalue weighted by molar-refractivity contribution is 8.00. The summed E-state index contributed by atoms with van der Waals surface area (Å²) in [5, 5.41) is 21.7. The number of aromatic nitrogens is 5. The van der Waals surface area contributed by atoms with Gasteiger partial charge in [0.25, 0.3) is 0 Å². The summed E-state index contributed by atoms with van der Waals surface area (Å²) in [5.41, 5.74) is 3.57. The third kappa shape index (κ3) is 7.80. The van der Waals surface area contributed by atoms with Crippen LogP contribution in [0.1, 0.15) is 55.8 Å². The molecule has 10 heteroatoms. The molecule has 210 valence electrons. The Hall–Kier alpha value is -3.47. The van der Waals surface area contributed by atoms with Crippen LogP contribution in [0.3, 0.4) is 0 Å². The molecule has 1 unspecified atom stereocenters. The molecular formula is C30H37N7O2S. The van der Waals surface area contributed by atoms with E-state index >= 15 is 0 Å². The first kappa shape index (κ1) is 28.1. The molecule has 2 aromatic carbocycles. The molecule has 1 saturated carbocycles. The Morgan fingerprint density at radius 3 is 2.58 bits per heavy atom. The number of anilines is 1. The highest BCUT2D eigenvalue weighted by Crippen LogP contribution is 2.28. The van der Waals surface area contributed by atoms with Gasteiger partial charge in [-0.3, -0.25) is 4.98 Å². The smallest absolute Gasteiger partial charge is 0.368 e. The first-order valence-corrected chi connectivity index (χ1v) is 14.9. The van der Waals surface area contributed by atoms with E-state index < -0.39 is 6.10 Å². The van der Waals surface area contributed by atoms with Gasteiger partial charge in [0.05, 0.1) is 11.8 Å². The minimum absolute atomic E-state index is 0.190. The molecule has 0 amide bonds. The Kier molecular flexibility index (Phi) is 10.00. The van der Waals surface area contributed by atoms with Crippen LogP contribution < -0.4 is 15.7 Å². The van der Waals surface area contributed by atoms with Gasteiger partial charge in [-0.2, -0.15) is 9.36 Å². The van der Waals surface area contributed by atoms with E-state index in [9.17, 15) is 9.90 Å². The molecule has 2 heterocycles. The number of nitrogens with one attached hydrogen (secondary N) is 2. The van der Waals surface area contributed by atoms with Gasteiger partial charge in [-0.25, -0.2) is 4.79 Å². The van der Waals surface area contributed by atoms with Crippen LogP contribution >= 0.6 is 11.9 Å². The van der Waals surface area contributed by atoms with Crippen molar-refractivity contribution in [3.63, 3.8) is 0 Å². The van der Waals surface area contributed by atoms with E-state index in [0.29, 0.717) is 18.8 Å². The first-order valence-electron chi connectivity index (χ1n) is 14.1. The molecule has 2 aromatic heterocycles. The molecule has 0 saturated heterocycles. The van der Waals surface area contributed by atoms with Gasteiger partial charge < -0.3 is 15.1 Å². The van der Waals surface area contributed by atoms with E-state index in [0.717, 1.165) is 47.9 Å². The maximum Gasteiger partial charge on any atom is 0.368 e. The molecule has 0 radical (unpaired) electrons. The van der Waals surface area contributed by atoms with Crippen LogP contribution in [0.2, 0.25) is 0 Å². The Balaban J connectivity index is 1.04. The lowest BCUT2D eigenvalue weighted by Crippen LogP contribution is -2.24. The highest BCUT2D eigenvalue weighted by Gasteiger charge is 2.15. The maximum absolute atomic E-state index is 12.8. The SMILES string of the molecule is O=c1n(CCCC2CCCC2)nnn1-c1ccc(SNc2ccc(CCNCC(O)c3cccnc3)cc2)cc1. The van der Waals surface area contributed by atoms with Gasteiger partial charge in [0.15, 0.2) is 0 Å². The second-order valence-corrected chi connectivity index (χ2v) is 11.2. The quantitative estimate of drug-likeness (QED) is 0.150. The Morgan fingerprint density at radius 1 is 1.02 bits per heavy atom. The zero-order chi connectivity index (χ0) is 27.6. The molecule has 1 atom stereocenters. The lowest BCUT2D eigenvalue weighted by Gasteiger charge is -2.12. The van der Waals surface area contributed by atoms with Crippen molar-refractivity contribution in [2.45, 2.75) is 62.5 Å². The first-order chi connectivity index (χ1) is 19.7. The number of rotatable bonds is 14. The number of benzene rings is 2. The van der Waals surface area contributed by atoms with Gasteiger partial charge in [0, 0.05) is 41.6 Å². The molecule has 9 nitrogen and oxygen atoms in total. The van der Waals surface area contributed by atoms with Gasteiger partial charge >= 0.3 is 5.69 Å². The molecule has 1 fully saturated rings. The van der Waals surface area contributed by atoms with Gasteiger partial charge in [0.1, 0.15) is 0 Å². The summed E-state index contributed by atoms with van der Waals surface area (Å²) in [7, 11) is 0. The number of tetrazole rings is 1. The number of aryl methyl sites for hydroxylation is 1. The molecule has 40 heavy (non-hydrogen) atoms. The summed E-state index contributed by atoms with van der Waals surface area (Å²) in [6, 6.07) is 19.8. The fraction of sp³-hybridized carbons (Fsp3) is 0.400. The van der Waals surface area contributed by atoms with Gasteiger partial charge in [0.2, 0.25) is 0 Å². The summed E-state index contributed by atoms with van der Waals surface area (Å²) in [6.45, 7) is 1.90. The predicted octanol–water partition coefficient (Wildman–Crippen LogP) is 4.78. The fourth-order valence-electron chi connectivity index (χ4n) is 5.08. The average molecular weight is 560 g/mol. The van der Waals surface area contributed by atoms with E-state index in [1.165, 1.54) is 52.6 Å². The van der Waals surface area contributed by atoms with Crippen molar-refractivity contribution in [3.8, 4) is 5.69 Å². The second-order valence-electron chi connectivity index (χ2n) is 10.3. The van der Waals surface area contributed by atoms with Crippen molar-refractivity contribution in [2.75, 3.05) is 17.8 Å². The standard InChI is InChI=1S/C30H37N7O2S/c38-29(25-8-3-18-31-21-25)22-32-19-17-24-9-11-26(12-10-24)33-40-28-15-13-27(14-16-28)37-30(39)36(34-35-37)20-4-7-23-5-1-2-6-23/h3,8-16,18,21,23,29,32-33,38H,1-2,4-7,17,19-20,22H2. The van der Waals surface area contributed by atoms with Crippen molar-refractivity contribution in [2.24, 2.45) is 5.92 Å². The molecular weight excluding hydrogens is 522 g/mol. The van der Waals surface area contributed by atoms with Crippen LogP contribution in [0.4, 0.5) is 5.69 Å². The third-order valence-electron chi connectivity index (χ3n) is 7.42. The van der Waals surface area contributed by atoms with Crippen LogP contribution in [0.25, 0.3) is 5.69 Å². The fourth-order valence-corrected chi connectivity index (χ4v) is 5.72. The summed E-state index contributed by atoms with van der Waals surface area (Å²) >= 11 is 1.51. The molecule has 1 aliphatic carbocycles. The number of aliphatic hydroxyl groups excluding tert-OH is 1. The Morgan fingerprint density at radius 2 is 1.82 bits per heavy atom. The molecule has 3 N–H and O–H groups in total. The number of hydrogen-bond donors (Lipinski definition) is 3. The van der Waals surface area contributed by atoms with Crippen LogP contribution in [0.15, 0.2) is 82.7 Å². The van der Waals surface area contributed by atoms with E-state index in [4.69, 9.17) is 0 Å². The molecule has 4 aromatic rings. The predicted molar refractivity (Wildman–Crippen MR) is 159 cm³/mol. The van der Waals surface area contributed by atoms with Crippen molar-refractivity contribution in [1.82, 2.24) is 30.1 Å². The summed E-state index contributed by atoms with van der Waals surface area (Å²) in [5.74, 6) is 0.814. The van der Waals surface area contributed by atoms with E-state index in [1.54, 1.807) is 12.4 Å². The molecule has 5 rings (SSSR count). The van der Waals surface area contributed by atoms with Crippen molar-refractivity contribution in [3.05, 3.63) is 94.7 Å². The van der Waals surface area contributed by atoms with Crippen LogP contribution in [-0.2, 0) is 13.0 Å². The highest BCUT2D eigenvalue weighted by atomic mass is 32.2. The normalized spacial score (nSPS) is 14.4. The van der Waals surface area contributed by atoms with Gasteiger partial charge in [-0.15, -0.1) is 0 Å². The van der Waals surface area contributed by atoms with Gasteiger partial charge in [-0.1, -0.05) is 43.9 Å². The summed E-state index contributed by atoms with van der Waals surface area (Å²) in [6.07, 6.45) is 11.2. The van der Waals surface area contributed by atoms with E-state index in [1.807, 2.05) is 36.4 Å². The topological polar surface area (TPSA) is 110 Å². The van der Waals surface area contributed by atoms with Crippen molar-refractivity contribution < 1.29 is 5.11 Å². The van der Waals surface area contributed by atoms with Gasteiger partial charge in [-0.05, 0) is 102 Å². The number of aliphatic hydroxyl groups is 1. The monoisotopic (exact) mass is 559 g/mol. The van der Waals surface area contributed by atoms with E-state index in [-0.39, 0.29) is 5.69 Å². The maximum atomic E-state index is 12.8. The summed E-state index contributed by atoms with van der Waals surface area (Å²) in [4.78, 5) is 17.8. The van der Waals surface area contributed by atoms with Crippen molar-refractivity contribution >= 4 is 17.6 Å². The third-order valence-corrected chi connectivity index (χ3v) is 8.26. The zero-order valence-electron chi connectivity index (χ0n) is 22.7. The summed E-state index contributed by atoms with van der Waals surface area (Å²) < 4.78 is 6.21. The van der Waals surface area contributed by atoms with Crippen molar-refractivity contribution in [1.29, 1.82) is 0 Å². The number of nitrogens with zero attached hydrogens (tertiary/aromatic N) is 5. The van der Waals surface area contributed by atoms with E-state index in [2.05, 4.69) is 49.7 Å². The largest absolute Gasteiger partial charge is 0.387 e. The van der Waals surface area contributed by atoms with Crippen LogP contribution in [0.5, 0.6) is 0 Å². The minimum atomic E-state index is -0.558. The number of pyridine rings is 1. The number of hydrogen-bond acceptors (Lipinski definition) is 8. The lowest BCUT2D eigenvalue weighted by molar-refractivity contribution is 0.174. The average Bonchev–Trinajstić information content (AvgIpc) is 3.65. The lowest BCUT2D eigenvalue weighted by atomic mass is 10.0. The minimum Gasteiger partial charge on any atom is -0.387 e. The molecule has 0 aliphatic heterocycles. The second kappa shape index (κ2) is 14.2. The molecule has 1 aliphatic rings.